The van der Waals surface area contributed by atoms with Crippen molar-refractivity contribution in [2.45, 2.75) is 46.1 Å². The summed E-state index contributed by atoms with van der Waals surface area (Å²) in [6.07, 6.45) is 3.25. The molecule has 1 aromatic heterocycles. The summed E-state index contributed by atoms with van der Waals surface area (Å²) in [5, 5.41) is 3.30. The zero-order chi connectivity index (χ0) is 15.1. The predicted molar refractivity (Wildman–Crippen MR) is 85.6 cm³/mol. The predicted octanol–water partition coefficient (Wildman–Crippen LogP) is 2.64. The van der Waals surface area contributed by atoms with Crippen LogP contribution in [0.5, 0.6) is 0 Å². The van der Waals surface area contributed by atoms with Crippen LogP contribution in [0.1, 0.15) is 51.2 Å². The zero-order valence-electron chi connectivity index (χ0n) is 13.6. The normalized spacial score (nSPS) is 19.7. The molecule has 1 N–H and O–H groups in total. The molecule has 1 unspecified atom stereocenters. The Bertz CT molecular complexity index is 412. The smallest absolute Gasteiger partial charge is 0.161 e. The molecule has 0 bridgehead atoms. The first-order chi connectivity index (χ1) is 10.3. The summed E-state index contributed by atoms with van der Waals surface area (Å²) < 4.78 is 5.91. The van der Waals surface area contributed by atoms with Crippen molar-refractivity contribution in [3.8, 4) is 0 Å². The average molecular weight is 292 g/mol. The number of hydrogen-bond donors (Lipinski definition) is 1. The third-order valence-corrected chi connectivity index (χ3v) is 3.64. The van der Waals surface area contributed by atoms with Crippen LogP contribution in [-0.4, -0.2) is 47.7 Å². The molecule has 0 saturated carbocycles. The summed E-state index contributed by atoms with van der Waals surface area (Å²) in [6.45, 7) is 11.1. The minimum Gasteiger partial charge on any atom is -0.370 e. The maximum Gasteiger partial charge on any atom is 0.161 e. The number of rotatable bonds is 7. The van der Waals surface area contributed by atoms with Gasteiger partial charge in [-0.1, -0.05) is 20.3 Å². The minimum atomic E-state index is -0.000452. The van der Waals surface area contributed by atoms with E-state index in [0.29, 0.717) is 0 Å². The van der Waals surface area contributed by atoms with E-state index in [1.165, 1.54) is 6.42 Å². The second-order valence-corrected chi connectivity index (χ2v) is 5.54. The Balaban J connectivity index is 2.16. The van der Waals surface area contributed by atoms with Crippen molar-refractivity contribution in [2.75, 3.05) is 38.1 Å². The van der Waals surface area contributed by atoms with Crippen LogP contribution in [0.25, 0.3) is 0 Å². The number of nitrogens with zero attached hydrogens (tertiary/aromatic N) is 3. The molecule has 0 aromatic carbocycles. The van der Waals surface area contributed by atoms with Crippen LogP contribution in [0.3, 0.4) is 0 Å². The van der Waals surface area contributed by atoms with Crippen molar-refractivity contribution in [3.05, 3.63) is 17.6 Å². The molecule has 2 heterocycles. The van der Waals surface area contributed by atoms with E-state index in [4.69, 9.17) is 9.72 Å². The van der Waals surface area contributed by atoms with E-state index in [1.54, 1.807) is 0 Å². The Kier molecular flexibility index (Phi) is 6.39. The van der Waals surface area contributed by atoms with Crippen molar-refractivity contribution in [1.29, 1.82) is 0 Å². The molecule has 1 aliphatic heterocycles. The number of morpholine rings is 1. The summed E-state index contributed by atoms with van der Waals surface area (Å²) in [6, 6.07) is 2.06. The Morgan fingerprint density at radius 1 is 1.29 bits per heavy atom. The molecule has 1 aliphatic rings. The number of hydrogen-bond acceptors (Lipinski definition) is 5. The van der Waals surface area contributed by atoms with Gasteiger partial charge in [0.25, 0.3) is 0 Å². The molecule has 5 heteroatoms. The quantitative estimate of drug-likeness (QED) is 0.837. The van der Waals surface area contributed by atoms with Crippen LogP contribution in [0.15, 0.2) is 6.07 Å². The second kappa shape index (κ2) is 8.29. The van der Waals surface area contributed by atoms with Gasteiger partial charge in [0.05, 0.1) is 6.61 Å². The lowest BCUT2D eigenvalue weighted by Gasteiger charge is -2.32. The Morgan fingerprint density at radius 3 is 2.86 bits per heavy atom. The van der Waals surface area contributed by atoms with E-state index < -0.39 is 0 Å². The van der Waals surface area contributed by atoms with Gasteiger partial charge in [-0.3, -0.25) is 4.90 Å². The van der Waals surface area contributed by atoms with Crippen molar-refractivity contribution in [3.63, 3.8) is 0 Å². The van der Waals surface area contributed by atoms with Gasteiger partial charge in [0.1, 0.15) is 11.9 Å². The highest BCUT2D eigenvalue weighted by Crippen LogP contribution is 2.21. The van der Waals surface area contributed by atoms with Gasteiger partial charge in [-0.25, -0.2) is 9.97 Å². The summed E-state index contributed by atoms with van der Waals surface area (Å²) >= 11 is 0. The first-order valence-electron chi connectivity index (χ1n) is 8.22. The molecular weight excluding hydrogens is 264 g/mol. The molecule has 2 rings (SSSR count). The summed E-state index contributed by atoms with van der Waals surface area (Å²) in [5.41, 5.74) is 1.11. The van der Waals surface area contributed by atoms with Crippen LogP contribution in [0.2, 0.25) is 0 Å². The fourth-order valence-corrected chi connectivity index (χ4v) is 2.70. The Hall–Kier alpha value is -1.20. The lowest BCUT2D eigenvalue weighted by atomic mass is 10.2. The van der Waals surface area contributed by atoms with E-state index in [2.05, 4.69) is 42.0 Å². The van der Waals surface area contributed by atoms with E-state index in [-0.39, 0.29) is 6.10 Å². The van der Waals surface area contributed by atoms with Gasteiger partial charge in [0.15, 0.2) is 5.82 Å². The third kappa shape index (κ3) is 4.64. The summed E-state index contributed by atoms with van der Waals surface area (Å²) in [5.74, 6) is 1.75. The molecule has 0 aliphatic carbocycles. The number of aryl methyl sites for hydroxylation is 1. The zero-order valence-corrected chi connectivity index (χ0v) is 13.6. The van der Waals surface area contributed by atoms with Gasteiger partial charge >= 0.3 is 0 Å². The fourth-order valence-electron chi connectivity index (χ4n) is 2.70. The molecular formula is C16H28N4O. The summed E-state index contributed by atoms with van der Waals surface area (Å²) in [4.78, 5) is 11.8. The highest BCUT2D eigenvalue weighted by atomic mass is 16.5. The molecule has 0 amide bonds. The van der Waals surface area contributed by atoms with Crippen molar-refractivity contribution in [1.82, 2.24) is 14.9 Å². The van der Waals surface area contributed by atoms with Crippen LogP contribution in [0, 0.1) is 0 Å². The van der Waals surface area contributed by atoms with Gasteiger partial charge in [0.2, 0.25) is 0 Å². The lowest BCUT2D eigenvalue weighted by Crippen LogP contribution is -2.39. The molecule has 0 radical (unpaired) electrons. The maximum atomic E-state index is 5.91. The number of nitrogens with one attached hydrogen (secondary N) is 1. The first kappa shape index (κ1) is 16.2. The minimum absolute atomic E-state index is 0.000452. The van der Waals surface area contributed by atoms with Crippen molar-refractivity contribution >= 4 is 5.82 Å². The van der Waals surface area contributed by atoms with Gasteiger partial charge in [-0.2, -0.15) is 0 Å². The maximum absolute atomic E-state index is 5.91. The highest BCUT2D eigenvalue weighted by molar-refractivity contribution is 5.36. The number of ether oxygens (including phenoxy) is 1. The molecule has 5 nitrogen and oxygen atoms in total. The molecule has 1 fully saturated rings. The lowest BCUT2D eigenvalue weighted by molar-refractivity contribution is -0.0342. The van der Waals surface area contributed by atoms with Gasteiger partial charge < -0.3 is 10.1 Å². The molecule has 118 valence electrons. The van der Waals surface area contributed by atoms with Gasteiger partial charge in [-0.05, 0) is 26.3 Å². The van der Waals surface area contributed by atoms with Crippen LogP contribution < -0.4 is 5.32 Å². The standard InChI is InChI=1S/C16H28N4O/c1-4-7-13-11-15(17-6-3)19-16(18-13)14-12-20(8-5-2)9-10-21-14/h11,14H,4-10,12H2,1-3H3,(H,17,18,19). The van der Waals surface area contributed by atoms with Crippen molar-refractivity contribution < 1.29 is 4.74 Å². The average Bonchev–Trinajstić information content (AvgIpc) is 2.48. The van der Waals surface area contributed by atoms with Crippen molar-refractivity contribution in [2.24, 2.45) is 0 Å². The fraction of sp³-hybridized carbons (Fsp3) is 0.750. The monoisotopic (exact) mass is 292 g/mol. The molecule has 1 aromatic rings. The second-order valence-electron chi connectivity index (χ2n) is 5.54. The first-order valence-corrected chi connectivity index (χ1v) is 8.22. The van der Waals surface area contributed by atoms with Crippen LogP contribution in [0.4, 0.5) is 5.82 Å². The molecule has 1 saturated heterocycles. The Labute approximate surface area is 128 Å². The third-order valence-electron chi connectivity index (χ3n) is 3.64. The topological polar surface area (TPSA) is 50.3 Å². The largest absolute Gasteiger partial charge is 0.370 e. The van der Waals surface area contributed by atoms with E-state index >= 15 is 0 Å². The van der Waals surface area contributed by atoms with E-state index in [1.807, 2.05) is 0 Å². The Morgan fingerprint density at radius 2 is 2.14 bits per heavy atom. The number of aromatic nitrogens is 2. The molecule has 0 spiro atoms. The van der Waals surface area contributed by atoms with Crippen LogP contribution in [-0.2, 0) is 11.2 Å². The van der Waals surface area contributed by atoms with Gasteiger partial charge in [0, 0.05) is 31.4 Å². The molecule has 21 heavy (non-hydrogen) atoms. The SMILES string of the molecule is CCCc1cc(NCC)nc(C2CN(CCC)CCO2)n1. The van der Waals surface area contributed by atoms with E-state index in [9.17, 15) is 0 Å². The van der Waals surface area contributed by atoms with E-state index in [0.717, 1.165) is 63.0 Å². The van der Waals surface area contributed by atoms with Gasteiger partial charge in [-0.15, -0.1) is 0 Å². The number of anilines is 1. The summed E-state index contributed by atoms with van der Waals surface area (Å²) in [7, 11) is 0. The highest BCUT2D eigenvalue weighted by Gasteiger charge is 2.24. The molecule has 1 atom stereocenters. The van der Waals surface area contributed by atoms with Crippen LogP contribution >= 0.6 is 0 Å².